The summed E-state index contributed by atoms with van der Waals surface area (Å²) < 4.78 is 18.9. The third-order valence-electron chi connectivity index (χ3n) is 1.10. The highest BCUT2D eigenvalue weighted by molar-refractivity contribution is 7.48. The van der Waals surface area contributed by atoms with Gasteiger partial charge in [0.05, 0.1) is 19.6 Å². The largest absolute Gasteiger partial charge is 0.529 e. The number of carbonyl (C=O) groups excluding carboxylic acids is 2. The van der Waals surface area contributed by atoms with E-state index in [0.29, 0.717) is 0 Å². The summed E-state index contributed by atoms with van der Waals surface area (Å²) in [4.78, 5) is 29.4. The summed E-state index contributed by atoms with van der Waals surface area (Å²) in [6.07, 6.45) is -1.93. The summed E-state index contributed by atoms with van der Waals surface area (Å²) in [5, 5.41) is 16.9. The molecule has 88 valence electrons. The van der Waals surface area contributed by atoms with Crippen molar-refractivity contribution in [2.24, 2.45) is 0 Å². The van der Waals surface area contributed by atoms with Crippen LogP contribution in [0.5, 0.6) is 0 Å². The number of hydrogen-bond acceptors (Lipinski definition) is 7. The van der Waals surface area contributed by atoms with Gasteiger partial charge in [-0.2, -0.15) is 0 Å². The lowest BCUT2D eigenvalue weighted by molar-refractivity contribution is -0.136. The predicted molar refractivity (Wildman–Crippen MR) is 45.6 cm³/mol. The second-order valence-corrected chi connectivity index (χ2v) is 3.78. The van der Waals surface area contributed by atoms with Gasteiger partial charge in [0.1, 0.15) is 6.10 Å². The molecule has 0 bridgehead atoms. The van der Waals surface area contributed by atoms with Crippen LogP contribution >= 0.6 is 7.82 Å². The molecule has 15 heavy (non-hydrogen) atoms. The molecule has 0 aliphatic heterocycles. The summed E-state index contributed by atoms with van der Waals surface area (Å²) in [7, 11) is -4.62. The standard InChI is InChI=1S/C6H11O8P/c7-2-1-6(10)14-15(11,12)13-4-5(9)3-8/h3,5,7,9H,1-2,4H2,(H,11,12). The summed E-state index contributed by atoms with van der Waals surface area (Å²) >= 11 is 0. The molecule has 0 amide bonds. The van der Waals surface area contributed by atoms with E-state index in [-0.39, 0.29) is 6.29 Å². The Kier molecular flexibility index (Phi) is 6.30. The molecule has 0 aliphatic rings. The van der Waals surface area contributed by atoms with Gasteiger partial charge in [0.2, 0.25) is 0 Å². The van der Waals surface area contributed by atoms with Crippen LogP contribution in [0, 0.1) is 0 Å². The number of phosphoric acid groups is 1. The van der Waals surface area contributed by atoms with Crippen LogP contribution < -0.4 is 0 Å². The van der Waals surface area contributed by atoms with Crippen molar-refractivity contribution < 1.29 is 38.3 Å². The Labute approximate surface area is 85.0 Å². The van der Waals surface area contributed by atoms with Gasteiger partial charge in [0, 0.05) is 0 Å². The van der Waals surface area contributed by atoms with E-state index in [2.05, 4.69) is 9.05 Å². The Bertz CT molecular complexity index is 264. The molecule has 0 fully saturated rings. The zero-order valence-electron chi connectivity index (χ0n) is 7.61. The molecular formula is C6H11O8P. The molecule has 0 aromatic heterocycles. The van der Waals surface area contributed by atoms with Gasteiger partial charge >= 0.3 is 13.8 Å². The van der Waals surface area contributed by atoms with E-state index in [1.165, 1.54) is 0 Å². The zero-order valence-corrected chi connectivity index (χ0v) is 8.50. The fourth-order valence-electron chi connectivity index (χ4n) is 0.502. The summed E-state index contributed by atoms with van der Waals surface area (Å²) in [6.45, 7) is -1.29. The van der Waals surface area contributed by atoms with Crippen molar-refractivity contribution >= 4 is 20.1 Å². The second-order valence-electron chi connectivity index (χ2n) is 2.40. The second kappa shape index (κ2) is 6.65. The number of rotatable bonds is 7. The van der Waals surface area contributed by atoms with Gasteiger partial charge in [-0.1, -0.05) is 0 Å². The SMILES string of the molecule is O=CC(O)COP(=O)(O)OC(=O)CCO. The maximum Gasteiger partial charge on any atom is 0.529 e. The molecule has 0 aromatic rings. The van der Waals surface area contributed by atoms with Crippen molar-refractivity contribution in [2.75, 3.05) is 13.2 Å². The van der Waals surface area contributed by atoms with Crippen LogP contribution in [0.4, 0.5) is 0 Å². The fourth-order valence-corrected chi connectivity index (χ4v) is 1.24. The Hall–Kier alpha value is -0.790. The highest BCUT2D eigenvalue weighted by Gasteiger charge is 2.26. The lowest BCUT2D eigenvalue weighted by Crippen LogP contribution is -2.16. The van der Waals surface area contributed by atoms with Crippen molar-refractivity contribution in [3.05, 3.63) is 0 Å². The molecule has 0 spiro atoms. The van der Waals surface area contributed by atoms with Gasteiger partial charge < -0.3 is 19.5 Å². The Morgan fingerprint density at radius 3 is 2.60 bits per heavy atom. The molecule has 2 unspecified atom stereocenters. The molecule has 0 rings (SSSR count). The minimum atomic E-state index is -4.62. The number of aliphatic hydroxyl groups is 2. The van der Waals surface area contributed by atoms with Gasteiger partial charge in [0.15, 0.2) is 6.29 Å². The molecule has 0 radical (unpaired) electrons. The van der Waals surface area contributed by atoms with Crippen LogP contribution in [0.2, 0.25) is 0 Å². The molecule has 2 atom stereocenters. The Morgan fingerprint density at radius 2 is 2.13 bits per heavy atom. The highest BCUT2D eigenvalue weighted by Crippen LogP contribution is 2.43. The van der Waals surface area contributed by atoms with Crippen LogP contribution in [0.25, 0.3) is 0 Å². The van der Waals surface area contributed by atoms with E-state index in [4.69, 9.17) is 15.1 Å². The minimum absolute atomic E-state index is 0.0928. The first kappa shape index (κ1) is 14.2. The van der Waals surface area contributed by atoms with Crippen LogP contribution in [-0.4, -0.2) is 46.7 Å². The predicted octanol–water partition coefficient (Wildman–Crippen LogP) is -1.41. The molecule has 0 aliphatic carbocycles. The molecule has 0 saturated heterocycles. The quantitative estimate of drug-likeness (QED) is 0.366. The smallest absolute Gasteiger partial charge is 0.396 e. The van der Waals surface area contributed by atoms with Crippen molar-refractivity contribution in [2.45, 2.75) is 12.5 Å². The summed E-state index contributed by atoms with van der Waals surface area (Å²) in [6, 6.07) is 0. The van der Waals surface area contributed by atoms with E-state index >= 15 is 0 Å². The number of phosphoric ester groups is 1. The van der Waals surface area contributed by atoms with Crippen LogP contribution in [0.3, 0.4) is 0 Å². The maximum absolute atomic E-state index is 10.9. The van der Waals surface area contributed by atoms with Gasteiger partial charge in [-0.15, -0.1) is 0 Å². The first-order valence-corrected chi connectivity index (χ1v) is 5.35. The molecule has 0 saturated carbocycles. The van der Waals surface area contributed by atoms with Crippen LogP contribution in [-0.2, 0) is 23.2 Å². The van der Waals surface area contributed by atoms with Crippen molar-refractivity contribution in [3.63, 3.8) is 0 Å². The first-order chi connectivity index (χ1) is 6.91. The van der Waals surface area contributed by atoms with Crippen LogP contribution in [0.1, 0.15) is 6.42 Å². The normalized spacial score (nSPS) is 16.5. The lowest BCUT2D eigenvalue weighted by Gasteiger charge is -2.11. The number of carbonyl (C=O) groups is 2. The van der Waals surface area contributed by atoms with Gasteiger partial charge in [-0.05, 0) is 0 Å². The monoisotopic (exact) mass is 242 g/mol. The summed E-state index contributed by atoms with van der Waals surface area (Å²) in [5.74, 6) is -1.12. The van der Waals surface area contributed by atoms with Crippen molar-refractivity contribution in [3.8, 4) is 0 Å². The lowest BCUT2D eigenvalue weighted by atomic mass is 10.4. The number of hydrogen-bond donors (Lipinski definition) is 3. The highest BCUT2D eigenvalue weighted by atomic mass is 31.2. The van der Waals surface area contributed by atoms with Crippen LogP contribution in [0.15, 0.2) is 0 Å². The van der Waals surface area contributed by atoms with Gasteiger partial charge in [0.25, 0.3) is 0 Å². The molecule has 3 N–H and O–H groups in total. The molecule has 0 heterocycles. The molecule has 8 nitrogen and oxygen atoms in total. The number of aliphatic hydroxyl groups excluding tert-OH is 2. The average molecular weight is 242 g/mol. The third-order valence-corrected chi connectivity index (χ3v) is 2.01. The Balaban J connectivity index is 4.01. The van der Waals surface area contributed by atoms with Gasteiger partial charge in [-0.3, -0.25) is 14.2 Å². The first-order valence-electron chi connectivity index (χ1n) is 3.85. The van der Waals surface area contributed by atoms with Crippen molar-refractivity contribution in [1.82, 2.24) is 0 Å². The fraction of sp³-hybridized carbons (Fsp3) is 0.667. The van der Waals surface area contributed by atoms with E-state index < -0.39 is 39.5 Å². The number of aldehydes is 1. The topological polar surface area (TPSA) is 130 Å². The minimum Gasteiger partial charge on any atom is -0.396 e. The molecule has 9 heteroatoms. The van der Waals surface area contributed by atoms with E-state index in [1.807, 2.05) is 0 Å². The van der Waals surface area contributed by atoms with E-state index in [0.717, 1.165) is 0 Å². The maximum atomic E-state index is 10.9. The third kappa shape index (κ3) is 7.18. The summed E-state index contributed by atoms with van der Waals surface area (Å²) in [5.41, 5.74) is 0. The van der Waals surface area contributed by atoms with Crippen molar-refractivity contribution in [1.29, 1.82) is 0 Å². The average Bonchev–Trinajstić information content (AvgIpc) is 2.13. The Morgan fingerprint density at radius 1 is 1.53 bits per heavy atom. The van der Waals surface area contributed by atoms with Gasteiger partial charge in [-0.25, -0.2) is 4.57 Å². The zero-order chi connectivity index (χ0) is 11.9. The van der Waals surface area contributed by atoms with E-state index in [9.17, 15) is 14.2 Å². The molecule has 0 aromatic carbocycles. The molecular weight excluding hydrogens is 231 g/mol. The van der Waals surface area contributed by atoms with E-state index in [1.54, 1.807) is 0 Å².